The van der Waals surface area contributed by atoms with Gasteiger partial charge in [0.25, 0.3) is 0 Å². The molecule has 0 fully saturated rings. The van der Waals surface area contributed by atoms with Crippen LogP contribution in [-0.2, 0) is 6.18 Å². The van der Waals surface area contributed by atoms with E-state index in [0.29, 0.717) is 11.3 Å². The molecule has 3 aromatic rings. The van der Waals surface area contributed by atoms with Gasteiger partial charge < -0.3 is 5.73 Å². The summed E-state index contributed by atoms with van der Waals surface area (Å²) in [5.74, 6) is 0.0526. The fourth-order valence-corrected chi connectivity index (χ4v) is 2.09. The second-order valence-electron chi connectivity index (χ2n) is 4.24. The van der Waals surface area contributed by atoms with E-state index in [1.807, 2.05) is 0 Å². The van der Waals surface area contributed by atoms with E-state index in [2.05, 4.69) is 15.3 Å². The van der Waals surface area contributed by atoms with Crippen molar-refractivity contribution in [3.05, 3.63) is 40.9 Å². The van der Waals surface area contributed by atoms with Gasteiger partial charge in [-0.05, 0) is 24.3 Å². The first-order chi connectivity index (χ1) is 9.86. The monoisotopic (exact) mass is 313 g/mol. The van der Waals surface area contributed by atoms with Crippen LogP contribution in [-0.4, -0.2) is 19.8 Å². The molecule has 0 saturated carbocycles. The van der Waals surface area contributed by atoms with Crippen molar-refractivity contribution in [1.29, 1.82) is 0 Å². The fraction of sp³-hybridized carbons (Fsp3) is 0.0833. The largest absolute Gasteiger partial charge is 0.417 e. The average molecular weight is 314 g/mol. The number of alkyl halides is 3. The summed E-state index contributed by atoms with van der Waals surface area (Å²) in [4.78, 5) is 0. The van der Waals surface area contributed by atoms with Crippen molar-refractivity contribution in [2.45, 2.75) is 6.18 Å². The Labute approximate surface area is 121 Å². The number of hydrogen-bond acceptors (Lipinski definition) is 4. The second kappa shape index (κ2) is 4.59. The zero-order valence-corrected chi connectivity index (χ0v) is 11.0. The van der Waals surface area contributed by atoms with Gasteiger partial charge in [0.05, 0.1) is 16.3 Å². The first-order valence-corrected chi connectivity index (χ1v) is 6.09. The Bertz CT molecular complexity index is 827. The number of nitrogens with two attached hydrogens (primary N) is 1. The Balaban J connectivity index is 2.16. The highest BCUT2D eigenvalue weighted by atomic mass is 35.5. The molecule has 0 saturated heterocycles. The molecule has 0 atom stereocenters. The van der Waals surface area contributed by atoms with E-state index in [1.165, 1.54) is 22.7 Å². The third-order valence-electron chi connectivity index (χ3n) is 2.85. The Kier molecular flexibility index (Phi) is 2.98. The maximum Gasteiger partial charge on any atom is 0.417 e. The number of rotatable bonds is 1. The molecule has 2 N–H and O–H groups in total. The molecule has 1 aromatic carbocycles. The fourth-order valence-electron chi connectivity index (χ4n) is 1.86. The minimum absolute atomic E-state index is 0.0526. The van der Waals surface area contributed by atoms with Crippen molar-refractivity contribution in [2.75, 3.05) is 5.73 Å². The van der Waals surface area contributed by atoms with Crippen LogP contribution in [0.1, 0.15) is 5.56 Å². The van der Waals surface area contributed by atoms with Crippen LogP contribution in [0.5, 0.6) is 0 Å². The summed E-state index contributed by atoms with van der Waals surface area (Å²) in [6, 6.07) is 6.67. The normalized spacial score (nSPS) is 12.0. The Morgan fingerprint density at radius 2 is 1.86 bits per heavy atom. The molecule has 5 nitrogen and oxygen atoms in total. The molecule has 2 heterocycles. The van der Waals surface area contributed by atoms with E-state index in [9.17, 15) is 13.2 Å². The second-order valence-corrected chi connectivity index (χ2v) is 4.65. The summed E-state index contributed by atoms with van der Waals surface area (Å²) < 4.78 is 39.8. The van der Waals surface area contributed by atoms with Crippen LogP contribution in [0, 0.1) is 0 Å². The van der Waals surface area contributed by atoms with Gasteiger partial charge >= 0.3 is 6.18 Å². The molecule has 0 aliphatic rings. The lowest BCUT2D eigenvalue weighted by atomic mass is 10.1. The third kappa shape index (κ3) is 2.38. The number of fused-ring (bicyclic) bond motifs is 1. The van der Waals surface area contributed by atoms with Gasteiger partial charge in [-0.15, -0.1) is 10.2 Å². The molecule has 0 radical (unpaired) electrons. The SMILES string of the molecule is Nc1nnc2ccc(-c3ccc(Cl)c(C(F)(F)F)c3)nn12. The zero-order valence-electron chi connectivity index (χ0n) is 10.3. The molecule has 0 spiro atoms. The number of hydrogen-bond donors (Lipinski definition) is 1. The van der Waals surface area contributed by atoms with Crippen LogP contribution < -0.4 is 5.73 Å². The van der Waals surface area contributed by atoms with Crippen LogP contribution in [0.4, 0.5) is 19.1 Å². The lowest BCUT2D eigenvalue weighted by Crippen LogP contribution is -2.06. The van der Waals surface area contributed by atoms with E-state index in [0.717, 1.165) is 6.07 Å². The van der Waals surface area contributed by atoms with Crippen LogP contribution >= 0.6 is 11.6 Å². The van der Waals surface area contributed by atoms with Gasteiger partial charge in [0, 0.05) is 5.56 Å². The predicted octanol–water partition coefficient (Wildman–Crippen LogP) is 3.05. The molecule has 108 valence electrons. The highest BCUT2D eigenvalue weighted by Crippen LogP contribution is 2.36. The Hall–Kier alpha value is -2.35. The standard InChI is InChI=1S/C12H7ClF3N5/c13-8-2-1-6(5-7(8)12(14,15)16)9-3-4-10-18-19-11(17)21(10)20-9/h1-5H,(H2,17,19). The minimum Gasteiger partial charge on any atom is -0.366 e. The van der Waals surface area contributed by atoms with Crippen LogP contribution in [0.3, 0.4) is 0 Å². The number of nitrogen functional groups attached to an aromatic ring is 1. The van der Waals surface area contributed by atoms with Gasteiger partial charge in [-0.3, -0.25) is 0 Å². The van der Waals surface area contributed by atoms with Crippen molar-refractivity contribution in [1.82, 2.24) is 19.8 Å². The molecule has 3 rings (SSSR count). The van der Waals surface area contributed by atoms with Crippen LogP contribution in [0.2, 0.25) is 5.02 Å². The van der Waals surface area contributed by atoms with Crippen molar-refractivity contribution in [3.8, 4) is 11.3 Å². The molecule has 0 amide bonds. The third-order valence-corrected chi connectivity index (χ3v) is 3.18. The van der Waals surface area contributed by atoms with E-state index in [4.69, 9.17) is 17.3 Å². The Morgan fingerprint density at radius 1 is 1.10 bits per heavy atom. The number of aromatic nitrogens is 4. The molecule has 21 heavy (non-hydrogen) atoms. The topological polar surface area (TPSA) is 69.1 Å². The lowest BCUT2D eigenvalue weighted by Gasteiger charge is -2.10. The molecule has 0 bridgehead atoms. The van der Waals surface area contributed by atoms with Crippen molar-refractivity contribution >= 4 is 23.2 Å². The van der Waals surface area contributed by atoms with Gasteiger partial charge in [-0.25, -0.2) is 0 Å². The summed E-state index contributed by atoms with van der Waals surface area (Å²) >= 11 is 5.59. The first kappa shape index (κ1) is 13.6. The van der Waals surface area contributed by atoms with E-state index >= 15 is 0 Å². The Morgan fingerprint density at radius 3 is 2.57 bits per heavy atom. The summed E-state index contributed by atoms with van der Waals surface area (Å²) in [6.07, 6.45) is -4.53. The summed E-state index contributed by atoms with van der Waals surface area (Å²) in [5, 5.41) is 11.1. The molecular weight excluding hydrogens is 307 g/mol. The molecular formula is C12H7ClF3N5. The van der Waals surface area contributed by atoms with Gasteiger partial charge in [-0.1, -0.05) is 17.7 Å². The summed E-state index contributed by atoms with van der Waals surface area (Å²) in [7, 11) is 0. The van der Waals surface area contributed by atoms with Crippen molar-refractivity contribution in [3.63, 3.8) is 0 Å². The maximum atomic E-state index is 12.9. The summed E-state index contributed by atoms with van der Waals surface area (Å²) in [6.45, 7) is 0. The minimum atomic E-state index is -4.53. The highest BCUT2D eigenvalue weighted by Gasteiger charge is 2.33. The molecule has 0 aliphatic heterocycles. The van der Waals surface area contributed by atoms with Crippen molar-refractivity contribution in [2.24, 2.45) is 0 Å². The average Bonchev–Trinajstić information content (AvgIpc) is 2.79. The quantitative estimate of drug-likeness (QED) is 0.749. The van der Waals surface area contributed by atoms with E-state index in [1.54, 1.807) is 6.07 Å². The van der Waals surface area contributed by atoms with E-state index < -0.39 is 11.7 Å². The van der Waals surface area contributed by atoms with Crippen molar-refractivity contribution < 1.29 is 13.2 Å². The van der Waals surface area contributed by atoms with Gasteiger partial charge in [0.1, 0.15) is 0 Å². The number of nitrogens with zero attached hydrogens (tertiary/aromatic N) is 4. The lowest BCUT2D eigenvalue weighted by molar-refractivity contribution is -0.137. The summed E-state index contributed by atoms with van der Waals surface area (Å²) in [5.41, 5.74) is 5.63. The van der Waals surface area contributed by atoms with E-state index in [-0.39, 0.29) is 16.5 Å². The number of benzene rings is 1. The number of halogens is 4. The van der Waals surface area contributed by atoms with Crippen LogP contribution in [0.25, 0.3) is 16.9 Å². The van der Waals surface area contributed by atoms with Crippen LogP contribution in [0.15, 0.2) is 30.3 Å². The molecule has 0 aliphatic carbocycles. The zero-order chi connectivity index (χ0) is 15.2. The van der Waals surface area contributed by atoms with Gasteiger partial charge in [0.2, 0.25) is 5.95 Å². The molecule has 2 aromatic heterocycles. The van der Waals surface area contributed by atoms with Gasteiger partial charge in [0.15, 0.2) is 5.65 Å². The smallest absolute Gasteiger partial charge is 0.366 e. The van der Waals surface area contributed by atoms with Gasteiger partial charge in [-0.2, -0.15) is 22.8 Å². The number of anilines is 1. The molecule has 9 heteroatoms. The first-order valence-electron chi connectivity index (χ1n) is 5.71. The molecule has 0 unspecified atom stereocenters. The maximum absolute atomic E-state index is 12.9. The highest BCUT2D eigenvalue weighted by molar-refractivity contribution is 6.31. The predicted molar refractivity (Wildman–Crippen MR) is 70.6 cm³/mol.